The molecule has 20 heavy (non-hydrogen) atoms. The van der Waals surface area contributed by atoms with Crippen molar-refractivity contribution in [2.75, 3.05) is 6.61 Å². The van der Waals surface area contributed by atoms with Gasteiger partial charge in [-0.25, -0.2) is 0 Å². The highest BCUT2D eigenvalue weighted by atomic mass is 16.6. The summed E-state index contributed by atoms with van der Waals surface area (Å²) >= 11 is 0. The summed E-state index contributed by atoms with van der Waals surface area (Å²) in [6, 6.07) is 5.56. The molecule has 4 heteroatoms. The second kappa shape index (κ2) is 5.44. The van der Waals surface area contributed by atoms with E-state index in [0.717, 1.165) is 23.3 Å². The van der Waals surface area contributed by atoms with E-state index >= 15 is 0 Å². The van der Waals surface area contributed by atoms with Crippen LogP contribution in [0.15, 0.2) is 18.2 Å². The van der Waals surface area contributed by atoms with Gasteiger partial charge in [-0.3, -0.25) is 4.79 Å². The Morgan fingerprint density at radius 3 is 2.75 bits per heavy atom. The summed E-state index contributed by atoms with van der Waals surface area (Å²) < 4.78 is 10.7. The van der Waals surface area contributed by atoms with E-state index in [-0.39, 0.29) is 5.97 Å². The predicted octanol–water partition coefficient (Wildman–Crippen LogP) is 2.63. The number of carbonyl (C=O) groups excluding carboxylic acids is 1. The number of benzene rings is 1. The first-order valence-corrected chi connectivity index (χ1v) is 6.94. The van der Waals surface area contributed by atoms with Gasteiger partial charge in [0.1, 0.15) is 11.4 Å². The lowest BCUT2D eigenvalue weighted by atomic mass is 9.95. The van der Waals surface area contributed by atoms with Gasteiger partial charge < -0.3 is 14.6 Å². The number of esters is 1. The number of aliphatic hydroxyl groups is 1. The van der Waals surface area contributed by atoms with Crippen LogP contribution < -0.4 is 4.74 Å². The highest BCUT2D eigenvalue weighted by Crippen LogP contribution is 2.31. The summed E-state index contributed by atoms with van der Waals surface area (Å²) in [4.78, 5) is 12.0. The van der Waals surface area contributed by atoms with Crippen LogP contribution >= 0.6 is 0 Å². The minimum atomic E-state index is -0.865. The number of carbonyl (C=O) groups is 1. The van der Waals surface area contributed by atoms with Crippen LogP contribution in [0.3, 0.4) is 0 Å². The first-order valence-electron chi connectivity index (χ1n) is 6.94. The van der Waals surface area contributed by atoms with Crippen molar-refractivity contribution in [3.05, 3.63) is 29.3 Å². The fraction of sp³-hybridized carbons (Fsp3) is 0.562. The Bertz CT molecular complexity index is 502. The van der Waals surface area contributed by atoms with Crippen molar-refractivity contribution >= 4 is 5.97 Å². The van der Waals surface area contributed by atoms with Crippen molar-refractivity contribution in [3.63, 3.8) is 0 Å². The topological polar surface area (TPSA) is 55.8 Å². The number of hydrogen-bond donors (Lipinski definition) is 1. The zero-order chi connectivity index (χ0) is 14.9. The summed E-state index contributed by atoms with van der Waals surface area (Å²) in [5, 5.41) is 10.3. The molecule has 1 aliphatic rings. The van der Waals surface area contributed by atoms with E-state index < -0.39 is 17.6 Å². The minimum absolute atomic E-state index is 0.387. The van der Waals surface area contributed by atoms with Crippen LogP contribution in [0, 0.1) is 5.92 Å². The maximum absolute atomic E-state index is 12.0. The zero-order valence-electron chi connectivity index (χ0n) is 12.5. The molecule has 2 atom stereocenters. The molecule has 0 bridgehead atoms. The molecule has 0 radical (unpaired) electrons. The molecule has 0 amide bonds. The molecule has 1 N–H and O–H groups in total. The van der Waals surface area contributed by atoms with Crippen molar-refractivity contribution in [2.24, 2.45) is 5.92 Å². The smallest absolute Gasteiger partial charge is 0.312 e. The molecule has 0 aromatic heterocycles. The summed E-state index contributed by atoms with van der Waals surface area (Å²) in [5.41, 5.74) is 1.27. The number of ether oxygens (including phenoxy) is 2. The summed E-state index contributed by atoms with van der Waals surface area (Å²) in [6.07, 6.45) is -0.0211. The molecule has 0 saturated carbocycles. The van der Waals surface area contributed by atoms with E-state index in [1.807, 2.05) is 32.9 Å². The van der Waals surface area contributed by atoms with Crippen LogP contribution in [0.25, 0.3) is 0 Å². The van der Waals surface area contributed by atoms with Crippen molar-refractivity contribution < 1.29 is 19.4 Å². The maximum atomic E-state index is 12.0. The van der Waals surface area contributed by atoms with Crippen molar-refractivity contribution in [1.82, 2.24) is 0 Å². The summed E-state index contributed by atoms with van der Waals surface area (Å²) in [7, 11) is 0. The second-order valence-electron chi connectivity index (χ2n) is 6.23. The van der Waals surface area contributed by atoms with Gasteiger partial charge in [-0.1, -0.05) is 6.07 Å². The molecular formula is C16H22O4. The molecule has 1 heterocycles. The first kappa shape index (κ1) is 14.9. The number of aliphatic hydroxyl groups excluding tert-OH is 1. The summed E-state index contributed by atoms with van der Waals surface area (Å²) in [5.74, 6) is -0.123. The second-order valence-corrected chi connectivity index (χ2v) is 6.23. The average molecular weight is 278 g/mol. The minimum Gasteiger partial charge on any atom is -0.493 e. The normalized spacial score (nSPS) is 17.1. The summed E-state index contributed by atoms with van der Waals surface area (Å²) in [6.45, 7) is 7.81. The molecule has 2 rings (SSSR count). The number of hydrogen-bond acceptors (Lipinski definition) is 4. The van der Waals surface area contributed by atoms with Crippen molar-refractivity contribution in [1.29, 1.82) is 0 Å². The molecule has 1 aromatic rings. The van der Waals surface area contributed by atoms with Gasteiger partial charge in [-0.05, 0) is 51.0 Å². The highest BCUT2D eigenvalue weighted by molar-refractivity contribution is 5.73. The quantitative estimate of drug-likeness (QED) is 0.864. The molecule has 0 aliphatic carbocycles. The third-order valence-electron chi connectivity index (χ3n) is 3.31. The van der Waals surface area contributed by atoms with E-state index in [4.69, 9.17) is 9.47 Å². The Balaban J connectivity index is 2.10. The SMILES string of the molecule is CC(C(=O)OC(C)(C)C)C(O)c1ccc2c(c1)CCO2. The maximum Gasteiger partial charge on any atom is 0.312 e. The zero-order valence-corrected chi connectivity index (χ0v) is 12.5. The molecule has 0 fully saturated rings. The lowest BCUT2D eigenvalue weighted by molar-refractivity contribution is -0.163. The van der Waals surface area contributed by atoms with Crippen LogP contribution in [-0.4, -0.2) is 23.3 Å². The number of rotatable bonds is 3. The van der Waals surface area contributed by atoms with E-state index in [2.05, 4.69) is 0 Å². The van der Waals surface area contributed by atoms with Crippen LogP contribution in [0.5, 0.6) is 5.75 Å². The monoisotopic (exact) mass is 278 g/mol. The van der Waals surface area contributed by atoms with E-state index in [9.17, 15) is 9.90 Å². The lowest BCUT2D eigenvalue weighted by Crippen LogP contribution is -2.30. The van der Waals surface area contributed by atoms with Gasteiger partial charge in [0, 0.05) is 6.42 Å². The first-order chi connectivity index (χ1) is 9.28. The molecule has 4 nitrogen and oxygen atoms in total. The Hall–Kier alpha value is -1.55. The van der Waals surface area contributed by atoms with Gasteiger partial charge in [-0.15, -0.1) is 0 Å². The number of fused-ring (bicyclic) bond motifs is 1. The molecule has 1 aliphatic heterocycles. The Morgan fingerprint density at radius 2 is 2.10 bits per heavy atom. The fourth-order valence-corrected chi connectivity index (χ4v) is 2.20. The molecule has 0 spiro atoms. The van der Waals surface area contributed by atoms with Crippen molar-refractivity contribution in [2.45, 2.75) is 45.8 Å². The van der Waals surface area contributed by atoms with Gasteiger partial charge in [0.15, 0.2) is 0 Å². The molecule has 0 saturated heterocycles. The van der Waals surface area contributed by atoms with E-state index in [1.54, 1.807) is 13.0 Å². The fourth-order valence-electron chi connectivity index (χ4n) is 2.20. The largest absolute Gasteiger partial charge is 0.493 e. The lowest BCUT2D eigenvalue weighted by Gasteiger charge is -2.24. The van der Waals surface area contributed by atoms with Crippen LogP contribution in [0.1, 0.15) is 44.9 Å². The predicted molar refractivity (Wildman–Crippen MR) is 75.6 cm³/mol. The Labute approximate surface area is 119 Å². The van der Waals surface area contributed by atoms with Gasteiger partial charge in [0.2, 0.25) is 0 Å². The molecule has 1 aromatic carbocycles. The van der Waals surface area contributed by atoms with Crippen molar-refractivity contribution in [3.8, 4) is 5.75 Å². The molecule has 110 valence electrons. The van der Waals surface area contributed by atoms with Crippen LogP contribution in [0.4, 0.5) is 0 Å². The van der Waals surface area contributed by atoms with Gasteiger partial charge >= 0.3 is 5.97 Å². The van der Waals surface area contributed by atoms with E-state index in [0.29, 0.717) is 6.61 Å². The third kappa shape index (κ3) is 3.31. The molecule has 2 unspecified atom stereocenters. The van der Waals surface area contributed by atoms with Gasteiger partial charge in [-0.2, -0.15) is 0 Å². The van der Waals surface area contributed by atoms with Gasteiger partial charge in [0.25, 0.3) is 0 Å². The Kier molecular flexibility index (Phi) is 4.04. The van der Waals surface area contributed by atoms with Gasteiger partial charge in [0.05, 0.1) is 18.6 Å². The highest BCUT2D eigenvalue weighted by Gasteiger charge is 2.29. The van der Waals surface area contributed by atoms with Crippen LogP contribution in [-0.2, 0) is 16.0 Å². The third-order valence-corrected chi connectivity index (χ3v) is 3.31. The average Bonchev–Trinajstić information content (AvgIpc) is 2.81. The van der Waals surface area contributed by atoms with Crippen LogP contribution in [0.2, 0.25) is 0 Å². The Morgan fingerprint density at radius 1 is 1.40 bits per heavy atom. The standard InChI is InChI=1S/C16H22O4/c1-10(15(18)20-16(2,3)4)14(17)12-5-6-13-11(9-12)7-8-19-13/h5-6,9-10,14,17H,7-8H2,1-4H3. The molecular weight excluding hydrogens is 256 g/mol. The van der Waals surface area contributed by atoms with E-state index in [1.165, 1.54) is 0 Å².